The summed E-state index contributed by atoms with van der Waals surface area (Å²) in [5.74, 6) is 1.57. The smallest absolute Gasteiger partial charge is 0.232 e. The first-order chi connectivity index (χ1) is 14.8. The Morgan fingerprint density at radius 2 is 1.77 bits per heavy atom. The zero-order chi connectivity index (χ0) is 20.3. The molecule has 0 amide bonds. The van der Waals surface area contributed by atoms with E-state index in [0.29, 0.717) is 5.75 Å². The van der Waals surface area contributed by atoms with Crippen LogP contribution < -0.4 is 4.90 Å². The second-order valence-corrected chi connectivity index (χ2v) is 8.37. The van der Waals surface area contributed by atoms with E-state index in [1.54, 1.807) is 11.8 Å². The van der Waals surface area contributed by atoms with Crippen molar-refractivity contribution in [2.75, 3.05) is 18.0 Å². The number of fused-ring (bicyclic) bond motifs is 1. The molecule has 0 aliphatic carbocycles. The monoisotopic (exact) mass is 414 g/mol. The van der Waals surface area contributed by atoms with Gasteiger partial charge in [-0.2, -0.15) is 5.26 Å². The molecule has 1 aromatic carbocycles. The number of pyridine rings is 1. The lowest BCUT2D eigenvalue weighted by molar-refractivity contribution is 0.564. The molecule has 4 heterocycles. The number of thioether (sulfide) groups is 1. The first-order valence-electron chi connectivity index (χ1n) is 10.2. The zero-order valence-electron chi connectivity index (χ0n) is 16.6. The molecule has 0 atom stereocenters. The van der Waals surface area contributed by atoms with Crippen LogP contribution in [0.25, 0.3) is 11.2 Å². The Morgan fingerprint density at radius 3 is 2.57 bits per heavy atom. The van der Waals surface area contributed by atoms with Crippen LogP contribution in [0, 0.1) is 11.3 Å². The van der Waals surface area contributed by atoms with Gasteiger partial charge < -0.3 is 9.30 Å². The number of anilines is 1. The molecule has 1 fully saturated rings. The van der Waals surface area contributed by atoms with Crippen molar-refractivity contribution in [2.24, 2.45) is 0 Å². The van der Waals surface area contributed by atoms with Gasteiger partial charge >= 0.3 is 0 Å². The second kappa shape index (κ2) is 8.25. The molecule has 1 aliphatic heterocycles. The van der Waals surface area contributed by atoms with Crippen LogP contribution >= 0.6 is 11.8 Å². The highest BCUT2D eigenvalue weighted by atomic mass is 32.2. The van der Waals surface area contributed by atoms with Gasteiger partial charge in [0.2, 0.25) is 5.95 Å². The maximum absolute atomic E-state index is 9.70. The van der Waals surface area contributed by atoms with Crippen LogP contribution in [0.5, 0.6) is 0 Å². The number of nitriles is 1. The summed E-state index contributed by atoms with van der Waals surface area (Å²) < 4.78 is 4.16. The predicted molar refractivity (Wildman–Crippen MR) is 119 cm³/mol. The van der Waals surface area contributed by atoms with E-state index >= 15 is 0 Å². The van der Waals surface area contributed by atoms with Gasteiger partial charge in [0.05, 0.1) is 16.8 Å². The number of nitrogens with zero attached hydrogens (tertiary/aromatic N) is 6. The normalized spacial score (nSPS) is 14.2. The summed E-state index contributed by atoms with van der Waals surface area (Å²) in [5, 5.41) is 19.6. The topological polar surface area (TPSA) is 62.2 Å². The van der Waals surface area contributed by atoms with Crippen molar-refractivity contribution in [2.45, 2.75) is 30.2 Å². The van der Waals surface area contributed by atoms with Gasteiger partial charge in [0.25, 0.3) is 0 Å². The fraction of sp³-hybridized carbons (Fsp3) is 0.261. The summed E-state index contributed by atoms with van der Waals surface area (Å²) in [7, 11) is 0. The molecule has 4 aromatic rings. The number of benzene rings is 1. The van der Waals surface area contributed by atoms with Gasteiger partial charge in [-0.3, -0.25) is 4.57 Å². The lowest BCUT2D eigenvalue weighted by Gasteiger charge is -2.27. The van der Waals surface area contributed by atoms with Gasteiger partial charge in [-0.25, -0.2) is 0 Å². The Hall–Kier alpha value is -3.24. The van der Waals surface area contributed by atoms with Crippen molar-refractivity contribution in [3.8, 4) is 11.8 Å². The van der Waals surface area contributed by atoms with Gasteiger partial charge in [-0.15, -0.1) is 10.2 Å². The molecule has 0 N–H and O–H groups in total. The number of hydrogen-bond acceptors (Lipinski definition) is 5. The average Bonchev–Trinajstić information content (AvgIpc) is 3.39. The van der Waals surface area contributed by atoms with E-state index in [1.807, 2.05) is 53.2 Å². The molecule has 30 heavy (non-hydrogen) atoms. The van der Waals surface area contributed by atoms with Crippen molar-refractivity contribution in [3.63, 3.8) is 0 Å². The highest BCUT2D eigenvalue weighted by molar-refractivity contribution is 7.98. The molecule has 0 bridgehead atoms. The third-order valence-electron chi connectivity index (χ3n) is 5.50. The van der Waals surface area contributed by atoms with Crippen molar-refractivity contribution < 1.29 is 0 Å². The molecule has 0 saturated carbocycles. The number of piperidine rings is 1. The summed E-state index contributed by atoms with van der Waals surface area (Å²) in [6, 6.07) is 18.6. The molecule has 0 unspecified atom stereocenters. The molecule has 0 radical (unpaired) electrons. The molecule has 3 aromatic heterocycles. The number of rotatable bonds is 5. The van der Waals surface area contributed by atoms with Crippen LogP contribution in [-0.4, -0.2) is 32.3 Å². The Balaban J connectivity index is 1.49. The molecule has 1 aliphatic rings. The highest BCUT2D eigenvalue weighted by Crippen LogP contribution is 2.31. The van der Waals surface area contributed by atoms with Crippen molar-refractivity contribution in [1.29, 1.82) is 5.26 Å². The SMILES string of the molecule is N#Cc1c(CSc2nnc(N3CCCCC3)n2-c2ccccc2)cn2ccccc12. The fourth-order valence-corrected chi connectivity index (χ4v) is 4.93. The van der Waals surface area contributed by atoms with E-state index in [-0.39, 0.29) is 0 Å². The first-order valence-corrected chi connectivity index (χ1v) is 11.2. The number of hydrogen-bond donors (Lipinski definition) is 0. The third-order valence-corrected chi connectivity index (χ3v) is 6.48. The van der Waals surface area contributed by atoms with Gasteiger partial charge in [0.15, 0.2) is 5.16 Å². The molecular weight excluding hydrogens is 392 g/mol. The molecule has 5 rings (SSSR count). The first kappa shape index (κ1) is 18.8. The number of para-hydroxylation sites is 1. The van der Waals surface area contributed by atoms with E-state index in [9.17, 15) is 5.26 Å². The molecule has 7 heteroatoms. The van der Waals surface area contributed by atoms with Gasteiger partial charge in [-0.1, -0.05) is 36.0 Å². The van der Waals surface area contributed by atoms with Crippen LogP contribution in [0.4, 0.5) is 5.95 Å². The van der Waals surface area contributed by atoms with E-state index < -0.39 is 0 Å². The summed E-state index contributed by atoms with van der Waals surface area (Å²) in [6.07, 6.45) is 7.66. The zero-order valence-corrected chi connectivity index (χ0v) is 17.4. The Morgan fingerprint density at radius 1 is 0.967 bits per heavy atom. The quantitative estimate of drug-likeness (QED) is 0.444. The largest absolute Gasteiger partial charge is 0.341 e. The standard InChI is InChI=1S/C23H22N6S/c24-15-20-18(16-28-14-8-5-11-21(20)28)17-30-23-26-25-22(27-12-6-2-7-13-27)29(23)19-9-3-1-4-10-19/h1,3-5,8-11,14,16H,2,6-7,12-13,17H2. The number of aromatic nitrogens is 4. The van der Waals surface area contributed by atoms with E-state index in [4.69, 9.17) is 0 Å². The fourth-order valence-electron chi connectivity index (χ4n) is 4.02. The van der Waals surface area contributed by atoms with Gasteiger partial charge in [0.1, 0.15) is 6.07 Å². The molecule has 150 valence electrons. The Kier molecular flexibility index (Phi) is 5.16. The summed E-state index contributed by atoms with van der Waals surface area (Å²) in [6.45, 7) is 2.03. The Labute approximate surface area is 179 Å². The minimum atomic E-state index is 0.662. The van der Waals surface area contributed by atoms with Crippen LogP contribution in [0.1, 0.15) is 30.4 Å². The summed E-state index contributed by atoms with van der Waals surface area (Å²) in [5.41, 5.74) is 3.74. The van der Waals surface area contributed by atoms with Gasteiger partial charge in [0, 0.05) is 31.2 Å². The molecule has 6 nitrogen and oxygen atoms in total. The summed E-state index contributed by atoms with van der Waals surface area (Å²) in [4.78, 5) is 2.33. The van der Waals surface area contributed by atoms with Crippen LogP contribution in [-0.2, 0) is 5.75 Å². The van der Waals surface area contributed by atoms with E-state index in [2.05, 4.69) is 37.9 Å². The predicted octanol–water partition coefficient (Wildman–Crippen LogP) is 4.67. The summed E-state index contributed by atoms with van der Waals surface area (Å²) >= 11 is 1.62. The van der Waals surface area contributed by atoms with Crippen molar-refractivity contribution in [1.82, 2.24) is 19.2 Å². The van der Waals surface area contributed by atoms with Gasteiger partial charge in [-0.05, 0) is 49.1 Å². The highest BCUT2D eigenvalue weighted by Gasteiger charge is 2.22. The van der Waals surface area contributed by atoms with E-state index in [0.717, 1.165) is 46.5 Å². The molecular formula is C23H22N6S. The third kappa shape index (κ3) is 3.44. The minimum absolute atomic E-state index is 0.662. The average molecular weight is 415 g/mol. The lowest BCUT2D eigenvalue weighted by atomic mass is 10.1. The van der Waals surface area contributed by atoms with Crippen molar-refractivity contribution >= 4 is 23.2 Å². The maximum Gasteiger partial charge on any atom is 0.232 e. The van der Waals surface area contributed by atoms with Crippen molar-refractivity contribution in [3.05, 3.63) is 72.1 Å². The lowest BCUT2D eigenvalue weighted by Crippen LogP contribution is -2.31. The molecule has 0 spiro atoms. The Bertz CT molecular complexity index is 1200. The maximum atomic E-state index is 9.70. The van der Waals surface area contributed by atoms with Crippen LogP contribution in [0.15, 0.2) is 66.1 Å². The van der Waals surface area contributed by atoms with Crippen LogP contribution in [0.3, 0.4) is 0 Å². The van der Waals surface area contributed by atoms with Crippen LogP contribution in [0.2, 0.25) is 0 Å². The minimum Gasteiger partial charge on any atom is -0.341 e. The van der Waals surface area contributed by atoms with E-state index in [1.165, 1.54) is 19.3 Å². The second-order valence-electron chi connectivity index (χ2n) is 7.42. The molecule has 1 saturated heterocycles.